The highest BCUT2D eigenvalue weighted by atomic mass is 32.1. The van der Waals surface area contributed by atoms with Crippen molar-refractivity contribution in [2.45, 2.75) is 31.7 Å². The van der Waals surface area contributed by atoms with Crippen LogP contribution in [0.3, 0.4) is 0 Å². The molecule has 2 N–H and O–H groups in total. The van der Waals surface area contributed by atoms with Crippen LogP contribution in [-0.2, 0) is 12.8 Å². The van der Waals surface area contributed by atoms with E-state index in [4.69, 9.17) is 18.0 Å². The van der Waals surface area contributed by atoms with Crippen molar-refractivity contribution in [1.29, 1.82) is 10.5 Å². The Bertz CT molecular complexity index is 1330. The van der Waals surface area contributed by atoms with Crippen LogP contribution in [0.2, 0.25) is 0 Å². The van der Waals surface area contributed by atoms with E-state index in [1.54, 1.807) is 16.2 Å². The zero-order chi connectivity index (χ0) is 22.9. The van der Waals surface area contributed by atoms with Crippen LogP contribution in [0.5, 0.6) is 0 Å². The van der Waals surface area contributed by atoms with E-state index in [1.165, 1.54) is 4.88 Å². The number of aryl methyl sites for hydroxylation is 1. The van der Waals surface area contributed by atoms with Crippen LogP contribution in [0.25, 0.3) is 0 Å². The van der Waals surface area contributed by atoms with Crippen molar-refractivity contribution < 1.29 is 0 Å². The molecule has 2 heterocycles. The molecule has 1 aliphatic carbocycles. The zero-order valence-electron chi connectivity index (χ0n) is 17.9. The molecule has 2 aromatic carbocycles. The number of rotatable bonds is 3. The van der Waals surface area contributed by atoms with Gasteiger partial charge in [0.1, 0.15) is 29.0 Å². The van der Waals surface area contributed by atoms with Gasteiger partial charge in [0.25, 0.3) is 0 Å². The predicted octanol–water partition coefficient (Wildman–Crippen LogP) is 5.55. The van der Waals surface area contributed by atoms with E-state index < -0.39 is 6.04 Å². The fraction of sp³-hybridized carbons (Fsp3) is 0.192. The number of para-hydroxylation sites is 1. The number of nitriles is 2. The fourth-order valence-corrected chi connectivity index (χ4v) is 6.47. The summed E-state index contributed by atoms with van der Waals surface area (Å²) in [6.45, 7) is 0. The Morgan fingerprint density at radius 2 is 1.61 bits per heavy atom. The summed E-state index contributed by atoms with van der Waals surface area (Å²) in [5.41, 5.74) is 10.5. The summed E-state index contributed by atoms with van der Waals surface area (Å²) in [6, 6.07) is 23.7. The highest BCUT2D eigenvalue weighted by molar-refractivity contribution is 7.80. The molecule has 7 heteroatoms. The highest BCUT2D eigenvalue weighted by Crippen LogP contribution is 2.47. The first-order valence-electron chi connectivity index (χ1n) is 10.8. The molecule has 162 valence electrons. The molecular formula is C26H21N5S2. The average Bonchev–Trinajstić information content (AvgIpc) is 3.23. The smallest absolute Gasteiger partial charge is 0.188 e. The molecule has 1 unspecified atom stereocenters. The second kappa shape index (κ2) is 8.71. The molecule has 33 heavy (non-hydrogen) atoms. The van der Waals surface area contributed by atoms with Crippen LogP contribution >= 0.6 is 23.6 Å². The first-order valence-corrected chi connectivity index (χ1v) is 12.1. The number of fused-ring (bicyclic) bond motifs is 1. The minimum atomic E-state index is -0.504. The van der Waals surface area contributed by atoms with Gasteiger partial charge in [0.15, 0.2) is 5.11 Å². The van der Waals surface area contributed by atoms with Crippen LogP contribution < -0.4 is 15.5 Å². The van der Waals surface area contributed by atoms with Crippen LogP contribution in [0.4, 0.5) is 10.7 Å². The molecule has 0 bridgehead atoms. The first-order chi connectivity index (χ1) is 16.2. The first kappa shape index (κ1) is 21.2. The second-order valence-corrected chi connectivity index (χ2v) is 9.50. The van der Waals surface area contributed by atoms with Gasteiger partial charge in [0, 0.05) is 10.6 Å². The lowest BCUT2D eigenvalue weighted by molar-refractivity contribution is 0.695. The van der Waals surface area contributed by atoms with Gasteiger partial charge < -0.3 is 5.73 Å². The Kier molecular flexibility index (Phi) is 5.60. The molecule has 0 radical (unpaired) electrons. The van der Waals surface area contributed by atoms with Gasteiger partial charge >= 0.3 is 0 Å². The third-order valence-electron chi connectivity index (χ3n) is 6.18. The van der Waals surface area contributed by atoms with E-state index in [0.29, 0.717) is 22.1 Å². The topological polar surface area (TPSA) is 80.1 Å². The lowest BCUT2D eigenvalue weighted by Crippen LogP contribution is -2.52. The summed E-state index contributed by atoms with van der Waals surface area (Å²) in [4.78, 5) is 4.95. The van der Waals surface area contributed by atoms with E-state index in [2.05, 4.69) is 12.1 Å². The molecular weight excluding hydrogens is 446 g/mol. The van der Waals surface area contributed by atoms with Crippen molar-refractivity contribution in [3.63, 3.8) is 0 Å². The number of thiocarbonyl (C=S) groups is 1. The summed E-state index contributed by atoms with van der Waals surface area (Å²) in [5.74, 6) is 0.318. The standard InChI is InChI=1S/C26H21N5S2/c27-15-20-19-13-7-8-14-22(19)33-25(20)31-23(17-9-3-1-4-10-17)21(16-28)24(29)30(26(31)32)18-11-5-2-6-12-18/h1-6,9-12,23H,7-8,13-14,29H2. The number of benzene rings is 2. The molecule has 0 amide bonds. The maximum absolute atomic E-state index is 10.3. The van der Waals surface area contributed by atoms with E-state index in [0.717, 1.165) is 47.5 Å². The predicted molar refractivity (Wildman–Crippen MR) is 136 cm³/mol. The fourth-order valence-electron chi connectivity index (χ4n) is 4.65. The van der Waals surface area contributed by atoms with Crippen LogP contribution in [0.1, 0.15) is 40.5 Å². The molecule has 0 fully saturated rings. The Hall–Kier alpha value is -3.65. The molecule has 0 saturated heterocycles. The molecule has 3 aromatic rings. The Morgan fingerprint density at radius 1 is 0.939 bits per heavy atom. The van der Waals surface area contributed by atoms with Crippen molar-refractivity contribution in [1.82, 2.24) is 0 Å². The van der Waals surface area contributed by atoms with Crippen molar-refractivity contribution in [3.05, 3.63) is 93.6 Å². The van der Waals surface area contributed by atoms with Crippen molar-refractivity contribution >= 4 is 39.4 Å². The van der Waals surface area contributed by atoms with Crippen LogP contribution in [0.15, 0.2) is 72.1 Å². The Labute approximate surface area is 202 Å². The number of hydrogen-bond acceptors (Lipinski definition) is 5. The third-order valence-corrected chi connectivity index (χ3v) is 7.85. The van der Waals surface area contributed by atoms with Gasteiger partial charge in [-0.3, -0.25) is 9.80 Å². The largest absolute Gasteiger partial charge is 0.384 e. The molecule has 1 atom stereocenters. The van der Waals surface area contributed by atoms with E-state index in [9.17, 15) is 10.5 Å². The van der Waals surface area contributed by atoms with Gasteiger partial charge in [-0.2, -0.15) is 10.5 Å². The molecule has 5 rings (SSSR count). The SMILES string of the molecule is N#CC1=C(N)N(c2ccccc2)C(=S)N(c2sc3c(c2C#N)CCCC3)C1c1ccccc1. The third kappa shape index (κ3) is 3.47. The van der Waals surface area contributed by atoms with Crippen LogP contribution in [-0.4, -0.2) is 5.11 Å². The summed E-state index contributed by atoms with van der Waals surface area (Å²) >= 11 is 7.66. The van der Waals surface area contributed by atoms with Crippen molar-refractivity contribution in [3.8, 4) is 12.1 Å². The summed E-state index contributed by atoms with van der Waals surface area (Å²) in [7, 11) is 0. The van der Waals surface area contributed by atoms with Gasteiger partial charge in [0.2, 0.25) is 0 Å². The van der Waals surface area contributed by atoms with Gasteiger partial charge in [-0.05, 0) is 61.2 Å². The van der Waals surface area contributed by atoms with Crippen LogP contribution in [0, 0.1) is 22.7 Å². The van der Waals surface area contributed by atoms with E-state index in [1.807, 2.05) is 65.6 Å². The Balaban J connectivity index is 1.78. The average molecular weight is 468 g/mol. The van der Waals surface area contributed by atoms with E-state index in [-0.39, 0.29) is 0 Å². The highest BCUT2D eigenvalue weighted by Gasteiger charge is 2.41. The molecule has 1 aliphatic heterocycles. The molecule has 0 saturated carbocycles. The summed E-state index contributed by atoms with van der Waals surface area (Å²) < 4.78 is 0. The zero-order valence-corrected chi connectivity index (χ0v) is 19.5. The summed E-state index contributed by atoms with van der Waals surface area (Å²) in [6.07, 6.45) is 4.07. The monoisotopic (exact) mass is 467 g/mol. The molecule has 0 spiro atoms. The Morgan fingerprint density at radius 3 is 2.27 bits per heavy atom. The van der Waals surface area contributed by atoms with Crippen molar-refractivity contribution in [2.75, 3.05) is 9.80 Å². The summed E-state index contributed by atoms with van der Waals surface area (Å²) in [5, 5.41) is 21.7. The number of thiophene rings is 1. The second-order valence-electron chi connectivity index (χ2n) is 8.05. The van der Waals surface area contributed by atoms with Gasteiger partial charge in [-0.25, -0.2) is 0 Å². The molecule has 1 aromatic heterocycles. The van der Waals surface area contributed by atoms with Crippen molar-refractivity contribution in [2.24, 2.45) is 5.73 Å². The molecule has 5 nitrogen and oxygen atoms in total. The minimum absolute atomic E-state index is 0.318. The number of nitrogens with zero attached hydrogens (tertiary/aromatic N) is 4. The van der Waals surface area contributed by atoms with Gasteiger partial charge in [0.05, 0.1) is 11.1 Å². The number of anilines is 2. The lowest BCUT2D eigenvalue weighted by Gasteiger charge is -2.43. The normalized spacial score (nSPS) is 18.0. The maximum atomic E-state index is 10.3. The molecule has 2 aliphatic rings. The minimum Gasteiger partial charge on any atom is -0.384 e. The quantitative estimate of drug-likeness (QED) is 0.509. The number of nitrogens with two attached hydrogens (primary N) is 1. The lowest BCUT2D eigenvalue weighted by atomic mass is 9.93. The van der Waals surface area contributed by atoms with Gasteiger partial charge in [-0.15, -0.1) is 11.3 Å². The van der Waals surface area contributed by atoms with Gasteiger partial charge in [-0.1, -0.05) is 48.5 Å². The van der Waals surface area contributed by atoms with E-state index >= 15 is 0 Å². The maximum Gasteiger partial charge on any atom is 0.188 e. The number of hydrogen-bond donors (Lipinski definition) is 1.